The molecule has 1 aliphatic rings. The average molecular weight is 369 g/mol. The summed E-state index contributed by atoms with van der Waals surface area (Å²) < 4.78 is 43.2. The highest BCUT2D eigenvalue weighted by Gasteiger charge is 2.41. The molecule has 0 saturated carbocycles. The zero-order valence-corrected chi connectivity index (χ0v) is 13.8. The van der Waals surface area contributed by atoms with Gasteiger partial charge in [0.2, 0.25) is 0 Å². The van der Waals surface area contributed by atoms with E-state index in [4.69, 9.17) is 27.9 Å². The number of hydrazone groups is 1. The summed E-state index contributed by atoms with van der Waals surface area (Å²) in [5.41, 5.74) is -1.86. The second-order valence-electron chi connectivity index (χ2n) is 5.23. The number of halogens is 5. The lowest BCUT2D eigenvalue weighted by Gasteiger charge is -2.23. The first-order chi connectivity index (χ1) is 10.6. The Morgan fingerprint density at radius 1 is 1.39 bits per heavy atom. The minimum Gasteiger partial charge on any atom is -0.465 e. The van der Waals surface area contributed by atoms with E-state index >= 15 is 0 Å². The Hall–Kier alpha value is -1.47. The van der Waals surface area contributed by atoms with E-state index in [0.717, 1.165) is 12.1 Å². The first kappa shape index (κ1) is 17.9. The minimum atomic E-state index is -4.56. The van der Waals surface area contributed by atoms with Crippen molar-refractivity contribution in [3.63, 3.8) is 0 Å². The normalized spacial score (nSPS) is 20.9. The summed E-state index contributed by atoms with van der Waals surface area (Å²) in [5, 5.41) is 4.93. The lowest BCUT2D eigenvalue weighted by atomic mass is 9.93. The van der Waals surface area contributed by atoms with Crippen LogP contribution in [-0.4, -0.2) is 25.3 Å². The maximum Gasteiger partial charge on any atom is 0.416 e. The molecule has 0 aliphatic carbocycles. The molecular formula is C14H13Cl2F3N2O2. The summed E-state index contributed by atoms with van der Waals surface area (Å²) in [7, 11) is 0. The third kappa shape index (κ3) is 3.55. The van der Waals surface area contributed by atoms with Crippen LogP contribution in [0, 0.1) is 5.41 Å². The monoisotopic (exact) mass is 368 g/mol. The van der Waals surface area contributed by atoms with Crippen LogP contribution in [0.4, 0.5) is 18.9 Å². The Bertz CT molecular complexity index is 641. The van der Waals surface area contributed by atoms with E-state index in [-0.39, 0.29) is 28.9 Å². The van der Waals surface area contributed by atoms with E-state index in [1.807, 2.05) is 0 Å². The molecule has 1 aromatic rings. The number of benzene rings is 1. The largest absolute Gasteiger partial charge is 0.465 e. The number of nitrogens with zero attached hydrogens (tertiary/aromatic N) is 2. The summed E-state index contributed by atoms with van der Waals surface area (Å²) in [6.07, 6.45) is -3.19. The van der Waals surface area contributed by atoms with Crippen LogP contribution in [0.5, 0.6) is 0 Å². The van der Waals surface area contributed by atoms with Gasteiger partial charge in [-0.3, -0.25) is 9.80 Å². The van der Waals surface area contributed by atoms with Gasteiger partial charge >= 0.3 is 12.1 Å². The molecule has 0 aromatic heterocycles. The van der Waals surface area contributed by atoms with E-state index in [9.17, 15) is 18.0 Å². The predicted molar refractivity (Wildman–Crippen MR) is 82.0 cm³/mol. The molecule has 1 aliphatic heterocycles. The molecule has 1 unspecified atom stereocenters. The third-order valence-electron chi connectivity index (χ3n) is 3.30. The van der Waals surface area contributed by atoms with Crippen molar-refractivity contribution in [2.75, 3.05) is 18.2 Å². The van der Waals surface area contributed by atoms with E-state index < -0.39 is 23.1 Å². The van der Waals surface area contributed by atoms with Gasteiger partial charge in [-0.2, -0.15) is 18.3 Å². The highest BCUT2D eigenvalue weighted by molar-refractivity contribution is 6.39. The maximum atomic E-state index is 12.7. The highest BCUT2D eigenvalue weighted by Crippen LogP contribution is 2.42. The van der Waals surface area contributed by atoms with Crippen LogP contribution in [-0.2, 0) is 15.7 Å². The third-order valence-corrected chi connectivity index (χ3v) is 3.88. The number of carbonyl (C=O) groups excluding carboxylic acids is 1. The molecule has 9 heteroatoms. The number of carbonyl (C=O) groups is 1. The van der Waals surface area contributed by atoms with Gasteiger partial charge in [-0.1, -0.05) is 23.2 Å². The van der Waals surface area contributed by atoms with Gasteiger partial charge in [0.15, 0.2) is 0 Å². The summed E-state index contributed by atoms with van der Waals surface area (Å²) in [6, 6.07) is 1.55. The number of ether oxygens (including phenoxy) is 1. The van der Waals surface area contributed by atoms with E-state index in [1.165, 1.54) is 11.2 Å². The number of alkyl halides is 3. The van der Waals surface area contributed by atoms with Gasteiger partial charge in [-0.15, -0.1) is 0 Å². The van der Waals surface area contributed by atoms with Crippen molar-refractivity contribution in [1.29, 1.82) is 0 Å². The van der Waals surface area contributed by atoms with Crippen molar-refractivity contribution < 1.29 is 22.7 Å². The molecule has 0 fully saturated rings. The standard InChI is InChI=1S/C14H13Cl2F3N2O2/c1-3-23-12(22)13(2)6-20-21(7-13)11-9(15)4-8(5-10(11)16)14(17,18)19/h4-6H,3,7H2,1-2H3. The molecule has 23 heavy (non-hydrogen) atoms. The summed E-state index contributed by atoms with van der Waals surface area (Å²) in [6.45, 7) is 3.57. The molecule has 1 atom stereocenters. The summed E-state index contributed by atoms with van der Waals surface area (Å²) in [4.78, 5) is 11.9. The van der Waals surface area contributed by atoms with E-state index in [0.29, 0.717) is 0 Å². The van der Waals surface area contributed by atoms with Crippen molar-refractivity contribution in [2.24, 2.45) is 10.5 Å². The molecule has 0 saturated heterocycles. The summed E-state index contributed by atoms with van der Waals surface area (Å²) in [5.74, 6) is -0.481. The van der Waals surface area contributed by atoms with Gasteiger partial charge < -0.3 is 4.74 Å². The van der Waals surface area contributed by atoms with E-state index in [2.05, 4.69) is 5.10 Å². The molecule has 0 bridgehead atoms. The first-order valence-electron chi connectivity index (χ1n) is 6.64. The molecular weight excluding hydrogens is 356 g/mol. The number of esters is 1. The van der Waals surface area contributed by atoms with Gasteiger partial charge in [-0.05, 0) is 26.0 Å². The van der Waals surface area contributed by atoms with Gasteiger partial charge in [0.25, 0.3) is 0 Å². The minimum absolute atomic E-state index is 0.0661. The topological polar surface area (TPSA) is 41.9 Å². The smallest absolute Gasteiger partial charge is 0.416 e. The second kappa shape index (κ2) is 6.20. The summed E-state index contributed by atoms with van der Waals surface area (Å²) >= 11 is 11.9. The molecule has 4 nitrogen and oxygen atoms in total. The van der Waals surface area contributed by atoms with Crippen LogP contribution in [0.3, 0.4) is 0 Å². The van der Waals surface area contributed by atoms with Crippen LogP contribution in [0.15, 0.2) is 17.2 Å². The lowest BCUT2D eigenvalue weighted by Crippen LogP contribution is -2.36. The fourth-order valence-electron chi connectivity index (χ4n) is 2.12. The number of rotatable bonds is 3. The van der Waals surface area contributed by atoms with Crippen molar-refractivity contribution in [2.45, 2.75) is 20.0 Å². The zero-order chi connectivity index (χ0) is 17.4. The highest BCUT2D eigenvalue weighted by atomic mass is 35.5. The first-order valence-corrected chi connectivity index (χ1v) is 7.40. The molecule has 0 spiro atoms. The fourth-order valence-corrected chi connectivity index (χ4v) is 2.80. The molecule has 1 aromatic carbocycles. The maximum absolute atomic E-state index is 12.7. The van der Waals surface area contributed by atoms with Crippen molar-refractivity contribution in [3.8, 4) is 0 Å². The number of hydrogen-bond acceptors (Lipinski definition) is 4. The Kier molecular flexibility index (Phi) is 4.82. The predicted octanol–water partition coefficient (Wildman–Crippen LogP) is 4.39. The van der Waals surface area contributed by atoms with Crippen LogP contribution in [0.25, 0.3) is 0 Å². The van der Waals surface area contributed by atoms with Crippen LogP contribution in [0.2, 0.25) is 10.0 Å². The number of hydrogen-bond donors (Lipinski definition) is 0. The van der Waals surface area contributed by atoms with Crippen LogP contribution in [0.1, 0.15) is 19.4 Å². The lowest BCUT2D eigenvalue weighted by molar-refractivity contribution is -0.149. The SMILES string of the molecule is CCOC(=O)C1(C)C=NN(c2c(Cl)cc(C(F)(F)F)cc2Cl)C1. The van der Waals surface area contributed by atoms with Gasteiger partial charge in [0.05, 0.1) is 34.4 Å². The molecule has 0 amide bonds. The van der Waals surface area contributed by atoms with E-state index in [1.54, 1.807) is 13.8 Å². The van der Waals surface area contributed by atoms with Gasteiger partial charge in [-0.25, -0.2) is 0 Å². The Labute approximate surface area is 140 Å². The van der Waals surface area contributed by atoms with Crippen LogP contribution < -0.4 is 5.01 Å². The fraction of sp³-hybridized carbons (Fsp3) is 0.429. The molecule has 1 heterocycles. The molecule has 2 rings (SSSR count). The van der Waals surface area contributed by atoms with Crippen LogP contribution >= 0.6 is 23.2 Å². The Morgan fingerprint density at radius 3 is 2.43 bits per heavy atom. The molecule has 126 valence electrons. The van der Waals surface area contributed by atoms with Crippen molar-refractivity contribution in [3.05, 3.63) is 27.7 Å². The van der Waals surface area contributed by atoms with Crippen molar-refractivity contribution >= 4 is 41.1 Å². The van der Waals surface area contributed by atoms with Gasteiger partial charge in [0.1, 0.15) is 5.41 Å². The zero-order valence-electron chi connectivity index (χ0n) is 12.2. The number of anilines is 1. The quantitative estimate of drug-likeness (QED) is 0.743. The van der Waals surface area contributed by atoms with Crippen molar-refractivity contribution in [1.82, 2.24) is 0 Å². The Morgan fingerprint density at radius 2 is 1.96 bits per heavy atom. The average Bonchev–Trinajstić information content (AvgIpc) is 2.81. The Balaban J connectivity index is 2.32. The molecule has 0 N–H and O–H groups in total. The molecule has 0 radical (unpaired) electrons. The second-order valence-corrected chi connectivity index (χ2v) is 6.04. The van der Waals surface area contributed by atoms with Gasteiger partial charge in [0, 0.05) is 6.21 Å².